The number of benzene rings is 1. The maximum Gasteiger partial charge on any atom is 0.270 e. The molecule has 0 unspecified atom stereocenters. The molecule has 2 aromatic rings. The van der Waals surface area contributed by atoms with Crippen LogP contribution in [0, 0.1) is 15.5 Å². The van der Waals surface area contributed by atoms with Gasteiger partial charge in [-0.15, -0.1) is 0 Å². The van der Waals surface area contributed by atoms with E-state index in [1.165, 1.54) is 24.3 Å². The van der Waals surface area contributed by atoms with E-state index in [-0.39, 0.29) is 11.4 Å². The van der Waals surface area contributed by atoms with Gasteiger partial charge in [0.1, 0.15) is 5.75 Å². The van der Waals surface area contributed by atoms with Gasteiger partial charge >= 0.3 is 0 Å². The zero-order valence-corrected chi connectivity index (χ0v) is 10.6. The summed E-state index contributed by atoms with van der Waals surface area (Å²) >= 11 is 0. The molecule has 7 heteroatoms. The number of rotatable bonds is 4. The zero-order chi connectivity index (χ0) is 14.7. The summed E-state index contributed by atoms with van der Waals surface area (Å²) in [5.41, 5.74) is 1.21. The molecular weight excluding hydrogens is 260 g/mol. The quantitative estimate of drug-likeness (QED) is 0.448. The lowest BCUT2D eigenvalue weighted by atomic mass is 10.1. The Bertz CT molecular complexity index is 725. The van der Waals surface area contributed by atoms with Gasteiger partial charge in [0, 0.05) is 48.6 Å². The topological polar surface area (TPSA) is 112 Å². The van der Waals surface area contributed by atoms with Gasteiger partial charge in [-0.1, -0.05) is 0 Å². The minimum absolute atomic E-state index is 0.111. The molecule has 0 fully saturated rings. The van der Waals surface area contributed by atoms with Crippen LogP contribution in [0.4, 0.5) is 5.69 Å². The van der Waals surface area contributed by atoms with Gasteiger partial charge in [0.2, 0.25) is 0 Å². The number of hydrogen-bond donors (Lipinski definition) is 3. The molecule has 0 saturated heterocycles. The summed E-state index contributed by atoms with van der Waals surface area (Å²) in [6.07, 6.45) is 2.68. The molecule has 1 aromatic carbocycles. The van der Waals surface area contributed by atoms with Crippen molar-refractivity contribution in [3.63, 3.8) is 0 Å². The van der Waals surface area contributed by atoms with Crippen molar-refractivity contribution in [3.8, 4) is 5.75 Å². The molecule has 0 radical (unpaired) electrons. The fourth-order valence-corrected chi connectivity index (χ4v) is 1.80. The van der Waals surface area contributed by atoms with Crippen LogP contribution in [0.3, 0.4) is 0 Å². The summed E-state index contributed by atoms with van der Waals surface area (Å²) in [5.74, 6) is -0.113. The molecule has 3 N–H and O–H groups in total. The predicted molar refractivity (Wildman–Crippen MR) is 75.9 cm³/mol. The van der Waals surface area contributed by atoms with Gasteiger partial charge in [0.25, 0.3) is 5.69 Å². The molecule has 0 spiro atoms. The van der Waals surface area contributed by atoms with E-state index < -0.39 is 4.92 Å². The molecule has 20 heavy (non-hydrogen) atoms. The third-order valence-electron chi connectivity index (χ3n) is 2.73. The van der Waals surface area contributed by atoms with E-state index >= 15 is 0 Å². The van der Waals surface area contributed by atoms with Gasteiger partial charge in [-0.2, -0.15) is 0 Å². The monoisotopic (exact) mass is 272 g/mol. The normalized spacial score (nSPS) is 11.3. The van der Waals surface area contributed by atoms with E-state index in [2.05, 4.69) is 10.3 Å². The van der Waals surface area contributed by atoms with Crippen molar-refractivity contribution in [1.82, 2.24) is 10.3 Å². The van der Waals surface area contributed by atoms with E-state index in [1.807, 2.05) is 0 Å². The maximum absolute atomic E-state index is 10.7. The third kappa shape index (κ3) is 2.41. The fourth-order valence-electron chi connectivity index (χ4n) is 1.80. The Morgan fingerprint density at radius 2 is 2.25 bits per heavy atom. The minimum Gasteiger partial charge on any atom is -0.507 e. The highest BCUT2D eigenvalue weighted by atomic mass is 16.6. The highest BCUT2D eigenvalue weighted by Gasteiger charge is 2.12. The van der Waals surface area contributed by atoms with E-state index in [9.17, 15) is 15.2 Å². The number of nitro groups is 1. The second-order valence-electron chi connectivity index (χ2n) is 4.02. The predicted octanol–water partition coefficient (Wildman–Crippen LogP) is 2.06. The lowest BCUT2D eigenvalue weighted by molar-refractivity contribution is -0.384. The molecule has 1 aromatic heterocycles. The average Bonchev–Trinajstić information content (AvgIpc) is 2.44. The Morgan fingerprint density at radius 1 is 1.50 bits per heavy atom. The lowest BCUT2D eigenvalue weighted by Crippen LogP contribution is -1.99. The minimum atomic E-state index is -0.531. The highest BCUT2D eigenvalue weighted by Crippen LogP contribution is 2.29. The Morgan fingerprint density at radius 3 is 2.85 bits per heavy atom. The Labute approximate surface area is 114 Å². The smallest absolute Gasteiger partial charge is 0.270 e. The number of aromatic nitrogens is 1. The molecule has 0 aliphatic heterocycles. The molecule has 2 rings (SSSR count). The van der Waals surface area contributed by atoms with Crippen molar-refractivity contribution < 1.29 is 10.0 Å². The lowest BCUT2D eigenvalue weighted by Gasteiger charge is -2.06. The van der Waals surface area contributed by atoms with Crippen LogP contribution in [0.25, 0.3) is 16.5 Å². The molecule has 0 amide bonds. The molecule has 102 valence electrons. The number of fused-ring (bicyclic) bond motifs is 1. The summed E-state index contributed by atoms with van der Waals surface area (Å²) in [5, 5.41) is 31.1. The van der Waals surface area contributed by atoms with Crippen molar-refractivity contribution in [2.24, 2.45) is 0 Å². The van der Waals surface area contributed by atoms with Gasteiger partial charge in [0.15, 0.2) is 0 Å². The van der Waals surface area contributed by atoms with Crippen LogP contribution < -0.4 is 5.32 Å². The first-order valence-electron chi connectivity index (χ1n) is 5.73. The van der Waals surface area contributed by atoms with Gasteiger partial charge < -0.3 is 15.8 Å². The maximum atomic E-state index is 10.7. The van der Waals surface area contributed by atoms with Crippen LogP contribution >= 0.6 is 0 Å². The SMILES string of the molecule is CN/C=C(\C=N)c1cc(O)c2cc([N+](=O)[O-])ccc2n1. The second-order valence-corrected chi connectivity index (χ2v) is 4.02. The molecule has 7 nitrogen and oxygen atoms in total. The molecule has 0 atom stereocenters. The Hall–Kier alpha value is -2.96. The van der Waals surface area contributed by atoms with E-state index in [0.29, 0.717) is 22.2 Å². The van der Waals surface area contributed by atoms with Crippen LogP contribution in [0.1, 0.15) is 5.69 Å². The van der Waals surface area contributed by atoms with Crippen molar-refractivity contribution >= 4 is 28.4 Å². The zero-order valence-electron chi connectivity index (χ0n) is 10.6. The van der Waals surface area contributed by atoms with Gasteiger partial charge in [-0.3, -0.25) is 10.1 Å². The molecule has 1 heterocycles. The second kappa shape index (κ2) is 5.35. The first-order chi connectivity index (χ1) is 9.56. The third-order valence-corrected chi connectivity index (χ3v) is 2.73. The number of nitro benzene ring substituents is 1. The first-order valence-corrected chi connectivity index (χ1v) is 5.73. The summed E-state index contributed by atoms with van der Waals surface area (Å²) in [7, 11) is 1.69. The van der Waals surface area contributed by atoms with Gasteiger partial charge in [-0.05, 0) is 6.07 Å². The van der Waals surface area contributed by atoms with Crippen molar-refractivity contribution in [2.75, 3.05) is 7.05 Å². The Balaban J connectivity index is 2.64. The fraction of sp³-hybridized carbons (Fsp3) is 0.0769. The van der Waals surface area contributed by atoms with Crippen LogP contribution in [-0.2, 0) is 0 Å². The summed E-state index contributed by atoms with van der Waals surface area (Å²) in [6.45, 7) is 0. The highest BCUT2D eigenvalue weighted by molar-refractivity contribution is 6.08. The van der Waals surface area contributed by atoms with Crippen LogP contribution in [0.2, 0.25) is 0 Å². The van der Waals surface area contributed by atoms with E-state index in [1.54, 1.807) is 13.2 Å². The van der Waals surface area contributed by atoms with Crippen molar-refractivity contribution in [2.45, 2.75) is 0 Å². The van der Waals surface area contributed by atoms with Crippen LogP contribution in [-0.4, -0.2) is 28.3 Å². The van der Waals surface area contributed by atoms with Crippen LogP contribution in [0.5, 0.6) is 5.75 Å². The molecule has 0 saturated carbocycles. The van der Waals surface area contributed by atoms with Gasteiger partial charge in [-0.25, -0.2) is 4.98 Å². The number of hydrogen-bond acceptors (Lipinski definition) is 6. The number of non-ortho nitro benzene ring substituents is 1. The largest absolute Gasteiger partial charge is 0.507 e. The number of nitrogens with one attached hydrogen (secondary N) is 2. The summed E-state index contributed by atoms with van der Waals surface area (Å²) in [6, 6.07) is 5.44. The summed E-state index contributed by atoms with van der Waals surface area (Å²) in [4.78, 5) is 14.5. The number of allylic oxidation sites excluding steroid dienone is 1. The molecular formula is C13H12N4O3. The van der Waals surface area contributed by atoms with Crippen molar-refractivity contribution in [1.29, 1.82) is 5.41 Å². The molecule has 0 aliphatic rings. The Kier molecular flexibility index (Phi) is 3.60. The van der Waals surface area contributed by atoms with Gasteiger partial charge in [0.05, 0.1) is 16.1 Å². The number of aromatic hydroxyl groups is 1. The average molecular weight is 272 g/mol. The van der Waals surface area contributed by atoms with Crippen molar-refractivity contribution in [3.05, 3.63) is 46.3 Å². The summed E-state index contributed by atoms with van der Waals surface area (Å²) < 4.78 is 0. The number of nitrogens with zero attached hydrogens (tertiary/aromatic N) is 2. The van der Waals surface area contributed by atoms with Crippen LogP contribution in [0.15, 0.2) is 30.5 Å². The number of pyridine rings is 1. The molecule has 0 aliphatic carbocycles. The first kappa shape index (κ1) is 13.5. The molecule has 0 bridgehead atoms. The van der Waals surface area contributed by atoms with E-state index in [0.717, 1.165) is 6.21 Å². The van der Waals surface area contributed by atoms with E-state index in [4.69, 9.17) is 5.41 Å². The standard InChI is InChI=1S/C13H12N4O3/c1-15-7-8(6-14)12-5-13(18)10-4-9(17(19)20)2-3-11(10)16-12/h2-7,14-15H,1H3,(H,16,18)/b8-7+,14-6?.